The highest BCUT2D eigenvalue weighted by Crippen LogP contribution is 2.79. The third kappa shape index (κ3) is 2.45. The molecule has 1 heterocycles. The van der Waals surface area contributed by atoms with Crippen LogP contribution in [0.25, 0.3) is 0 Å². The van der Waals surface area contributed by atoms with Gasteiger partial charge in [0.1, 0.15) is 5.78 Å². The normalized spacial score (nSPS) is 58.8. The predicted octanol–water partition coefficient (Wildman–Crippen LogP) is 7.45. The second kappa shape index (κ2) is 6.44. The van der Waals surface area contributed by atoms with Gasteiger partial charge >= 0.3 is 0 Å². The summed E-state index contributed by atoms with van der Waals surface area (Å²) in [5, 5.41) is 0. The average molecular weight is 441 g/mol. The maximum atomic E-state index is 13.7. The van der Waals surface area contributed by atoms with Crippen LogP contribution in [0.5, 0.6) is 0 Å². The molecule has 5 saturated carbocycles. The van der Waals surface area contributed by atoms with Crippen LogP contribution in [0.4, 0.5) is 0 Å². The zero-order valence-corrected chi connectivity index (χ0v) is 21.8. The molecule has 0 N–H and O–H groups in total. The Bertz CT molecular complexity index is 831. The third-order valence-corrected chi connectivity index (χ3v) is 13.7. The first-order valence-corrected chi connectivity index (χ1v) is 14.0. The van der Waals surface area contributed by atoms with Gasteiger partial charge in [-0.2, -0.15) is 0 Å². The van der Waals surface area contributed by atoms with Crippen LogP contribution >= 0.6 is 0 Å². The molecule has 0 amide bonds. The molecule has 1 spiro atoms. The Morgan fingerprint density at radius 2 is 1.56 bits per heavy atom. The third-order valence-electron chi connectivity index (χ3n) is 13.7. The molecule has 6 rings (SSSR count). The second-order valence-electron chi connectivity index (χ2n) is 15.3. The van der Waals surface area contributed by atoms with Crippen molar-refractivity contribution < 1.29 is 9.53 Å². The van der Waals surface area contributed by atoms with Gasteiger partial charge in [0.15, 0.2) is 0 Å². The number of Topliss-reactive ketones (excluding diaryl/α,β-unsaturated/α-hetero) is 1. The monoisotopic (exact) mass is 440 g/mol. The summed E-state index contributed by atoms with van der Waals surface area (Å²) < 4.78 is 6.71. The summed E-state index contributed by atoms with van der Waals surface area (Å²) in [4.78, 5) is 13.7. The summed E-state index contributed by atoms with van der Waals surface area (Å²) in [6, 6.07) is 0. The highest BCUT2D eigenvalue weighted by atomic mass is 16.5. The lowest BCUT2D eigenvalue weighted by Crippen LogP contribution is -2.73. The number of hydrogen-bond donors (Lipinski definition) is 0. The van der Waals surface area contributed by atoms with Crippen molar-refractivity contribution in [2.45, 2.75) is 112 Å². The topological polar surface area (TPSA) is 26.3 Å². The Morgan fingerprint density at radius 1 is 0.812 bits per heavy atom. The summed E-state index contributed by atoms with van der Waals surface area (Å²) in [6.07, 6.45) is 14.0. The molecule has 6 fully saturated rings. The molecule has 2 nitrogen and oxygen atoms in total. The van der Waals surface area contributed by atoms with E-state index in [1.165, 1.54) is 57.8 Å². The molecular weight excluding hydrogens is 392 g/mol. The zero-order valence-electron chi connectivity index (χ0n) is 21.8. The van der Waals surface area contributed by atoms with Crippen LogP contribution in [-0.2, 0) is 9.53 Å². The predicted molar refractivity (Wildman–Crippen MR) is 129 cm³/mol. The van der Waals surface area contributed by atoms with Crippen molar-refractivity contribution in [1.82, 2.24) is 0 Å². The van der Waals surface area contributed by atoms with Crippen LogP contribution in [0.3, 0.4) is 0 Å². The molecule has 1 saturated heterocycles. The molecule has 32 heavy (non-hydrogen) atoms. The van der Waals surface area contributed by atoms with Gasteiger partial charge in [-0.1, -0.05) is 41.5 Å². The fraction of sp³-hybridized carbons (Fsp3) is 0.967. The van der Waals surface area contributed by atoms with Crippen molar-refractivity contribution in [2.24, 2.45) is 56.2 Å². The zero-order chi connectivity index (χ0) is 22.8. The molecular formula is C30H48O2. The number of rotatable bonds is 0. The number of carbonyl (C=O) groups is 1. The van der Waals surface area contributed by atoms with Gasteiger partial charge in [0, 0.05) is 23.2 Å². The minimum atomic E-state index is 0.119. The van der Waals surface area contributed by atoms with E-state index < -0.39 is 0 Å². The minimum absolute atomic E-state index is 0.119. The Hall–Kier alpha value is -0.370. The van der Waals surface area contributed by atoms with Gasteiger partial charge in [0.25, 0.3) is 0 Å². The van der Waals surface area contributed by atoms with Crippen molar-refractivity contribution in [3.63, 3.8) is 0 Å². The minimum Gasteiger partial charge on any atom is -0.380 e. The highest BCUT2D eigenvalue weighted by molar-refractivity contribution is 5.84. The van der Waals surface area contributed by atoms with Crippen LogP contribution in [0.2, 0.25) is 0 Å². The van der Waals surface area contributed by atoms with Gasteiger partial charge in [-0.3, -0.25) is 4.79 Å². The van der Waals surface area contributed by atoms with E-state index in [9.17, 15) is 4.79 Å². The second-order valence-corrected chi connectivity index (χ2v) is 15.3. The molecule has 9 unspecified atom stereocenters. The summed E-state index contributed by atoms with van der Waals surface area (Å²) in [5.74, 6) is 3.01. The smallest absolute Gasteiger partial charge is 0.137 e. The number of ether oxygens (including phenoxy) is 1. The van der Waals surface area contributed by atoms with Gasteiger partial charge in [0.05, 0.1) is 13.2 Å². The van der Waals surface area contributed by atoms with Crippen LogP contribution in [0, 0.1) is 56.2 Å². The largest absolute Gasteiger partial charge is 0.380 e. The molecule has 180 valence electrons. The first-order chi connectivity index (χ1) is 14.9. The van der Waals surface area contributed by atoms with Crippen molar-refractivity contribution in [2.75, 3.05) is 13.2 Å². The lowest BCUT2D eigenvalue weighted by atomic mass is 9.29. The first-order valence-electron chi connectivity index (χ1n) is 14.0. The van der Waals surface area contributed by atoms with Crippen molar-refractivity contribution in [1.29, 1.82) is 0 Å². The molecule has 2 bridgehead atoms. The molecule has 1 aliphatic heterocycles. The number of fused-ring (bicyclic) bond motifs is 3. The Morgan fingerprint density at radius 3 is 2.34 bits per heavy atom. The summed E-state index contributed by atoms with van der Waals surface area (Å²) >= 11 is 0. The highest BCUT2D eigenvalue weighted by Gasteiger charge is 2.75. The van der Waals surface area contributed by atoms with Gasteiger partial charge in [-0.05, 0) is 104 Å². The van der Waals surface area contributed by atoms with Crippen LogP contribution in [0.1, 0.15) is 112 Å². The van der Waals surface area contributed by atoms with Crippen molar-refractivity contribution in [3.05, 3.63) is 0 Å². The van der Waals surface area contributed by atoms with Crippen LogP contribution in [0.15, 0.2) is 0 Å². The lowest BCUT2D eigenvalue weighted by molar-refractivity contribution is -0.317. The first kappa shape index (κ1) is 22.1. The van der Waals surface area contributed by atoms with Crippen LogP contribution in [-0.4, -0.2) is 19.0 Å². The Kier molecular flexibility index (Phi) is 4.45. The lowest BCUT2D eigenvalue weighted by Gasteiger charge is -2.77. The van der Waals surface area contributed by atoms with E-state index in [1.54, 1.807) is 0 Å². The SMILES string of the molecule is CC1CCC(=O)C2C1(C)CCC1C23CCC2(C)C4CC(C)(C)CCC4(C)CCC12COC3. The van der Waals surface area contributed by atoms with Crippen molar-refractivity contribution in [3.8, 4) is 0 Å². The van der Waals surface area contributed by atoms with E-state index in [0.717, 1.165) is 32.0 Å². The maximum Gasteiger partial charge on any atom is 0.137 e. The number of hydrogen-bond acceptors (Lipinski definition) is 2. The average Bonchev–Trinajstić information content (AvgIpc) is 2.73. The quantitative estimate of drug-likeness (QED) is 0.391. The van der Waals surface area contributed by atoms with Crippen LogP contribution < -0.4 is 0 Å². The molecule has 5 aliphatic carbocycles. The number of carbonyl (C=O) groups excluding carboxylic acids is 1. The number of ketones is 1. The fourth-order valence-corrected chi connectivity index (χ4v) is 11.6. The Balaban J connectivity index is 1.46. The van der Waals surface area contributed by atoms with E-state index in [-0.39, 0.29) is 16.7 Å². The molecule has 0 aromatic heterocycles. The summed E-state index contributed by atoms with van der Waals surface area (Å²) in [5.41, 5.74) is 1.94. The Labute approximate surface area is 197 Å². The fourth-order valence-electron chi connectivity index (χ4n) is 11.6. The molecule has 0 radical (unpaired) electrons. The maximum absolute atomic E-state index is 13.7. The van der Waals surface area contributed by atoms with E-state index in [2.05, 4.69) is 41.5 Å². The molecule has 2 heteroatoms. The van der Waals surface area contributed by atoms with Gasteiger partial charge < -0.3 is 4.74 Å². The van der Waals surface area contributed by atoms with E-state index in [0.29, 0.717) is 39.3 Å². The van der Waals surface area contributed by atoms with E-state index in [1.807, 2.05) is 0 Å². The summed E-state index contributed by atoms with van der Waals surface area (Å²) in [6.45, 7) is 17.2. The molecule has 6 aliphatic rings. The van der Waals surface area contributed by atoms with Gasteiger partial charge in [-0.25, -0.2) is 0 Å². The van der Waals surface area contributed by atoms with Gasteiger partial charge in [0.2, 0.25) is 0 Å². The van der Waals surface area contributed by atoms with Crippen molar-refractivity contribution >= 4 is 5.78 Å². The summed E-state index contributed by atoms with van der Waals surface area (Å²) in [7, 11) is 0. The molecule has 9 atom stereocenters. The standard InChI is InChI=1S/C30H48O2/c1-20-7-8-21(31)24-27(20,5)10-9-22-29(24)15-14-28(6)23-17-25(2,3)11-12-26(23,4)13-16-30(22,28)19-32-18-29/h20,22-24H,7-19H2,1-6H3. The molecule has 0 aromatic carbocycles. The van der Waals surface area contributed by atoms with Gasteiger partial charge in [-0.15, -0.1) is 0 Å². The van der Waals surface area contributed by atoms with E-state index in [4.69, 9.17) is 4.74 Å². The molecule has 0 aromatic rings. The van der Waals surface area contributed by atoms with E-state index >= 15 is 0 Å².